The molecule has 90 valence electrons. The Balaban J connectivity index is 2.21. The first kappa shape index (κ1) is 12.7. The van der Waals surface area contributed by atoms with Crippen molar-refractivity contribution in [3.05, 3.63) is 12.3 Å². The number of nitrogens with zero attached hydrogens (tertiary/aromatic N) is 2. The fraction of sp³-hybridized carbons (Fsp3) is 0.500. The Morgan fingerprint density at radius 3 is 2.81 bits per heavy atom. The molecule has 0 bridgehead atoms. The Hall–Kier alpha value is -1.41. The number of hydrogen-bond acceptors (Lipinski definition) is 6. The van der Waals surface area contributed by atoms with Gasteiger partial charge in [-0.05, 0) is 12.5 Å². The van der Waals surface area contributed by atoms with Crippen molar-refractivity contribution in [3.63, 3.8) is 0 Å². The molecule has 1 rings (SSSR count). The zero-order chi connectivity index (χ0) is 12.0. The van der Waals surface area contributed by atoms with Crippen molar-refractivity contribution in [1.29, 1.82) is 0 Å². The predicted molar refractivity (Wildman–Crippen MR) is 62.4 cm³/mol. The summed E-state index contributed by atoms with van der Waals surface area (Å²) < 4.78 is 23.9. The average molecular weight is 245 g/mol. The SMILES string of the molecule is CS(=O)(=O)NCCCNc1nccc(N)n1. The lowest BCUT2D eigenvalue weighted by atomic mass is 10.4. The molecule has 0 aromatic carbocycles. The zero-order valence-corrected chi connectivity index (χ0v) is 9.79. The summed E-state index contributed by atoms with van der Waals surface area (Å²) in [7, 11) is -3.10. The summed E-state index contributed by atoms with van der Waals surface area (Å²) in [5.41, 5.74) is 5.46. The highest BCUT2D eigenvalue weighted by atomic mass is 32.2. The molecule has 0 radical (unpaired) electrons. The van der Waals surface area contributed by atoms with Gasteiger partial charge in [0, 0.05) is 19.3 Å². The monoisotopic (exact) mass is 245 g/mol. The van der Waals surface area contributed by atoms with Crippen LogP contribution in [0.15, 0.2) is 12.3 Å². The van der Waals surface area contributed by atoms with Gasteiger partial charge in [-0.15, -0.1) is 0 Å². The zero-order valence-electron chi connectivity index (χ0n) is 8.97. The number of sulfonamides is 1. The van der Waals surface area contributed by atoms with E-state index in [1.165, 1.54) is 0 Å². The Kier molecular flexibility index (Phi) is 4.44. The van der Waals surface area contributed by atoms with Crippen molar-refractivity contribution in [3.8, 4) is 0 Å². The number of nitrogens with one attached hydrogen (secondary N) is 2. The van der Waals surface area contributed by atoms with Crippen LogP contribution in [0.1, 0.15) is 6.42 Å². The van der Waals surface area contributed by atoms with E-state index < -0.39 is 10.0 Å². The first-order valence-electron chi connectivity index (χ1n) is 4.74. The summed E-state index contributed by atoms with van der Waals surface area (Å²) in [6.45, 7) is 0.958. The van der Waals surface area contributed by atoms with Gasteiger partial charge in [0.1, 0.15) is 5.82 Å². The van der Waals surface area contributed by atoms with E-state index in [2.05, 4.69) is 20.0 Å². The maximum absolute atomic E-state index is 10.7. The van der Waals surface area contributed by atoms with Crippen molar-refractivity contribution < 1.29 is 8.42 Å². The second-order valence-corrected chi connectivity index (χ2v) is 5.08. The molecule has 1 aromatic heterocycles. The van der Waals surface area contributed by atoms with Gasteiger partial charge in [-0.2, -0.15) is 4.98 Å². The van der Waals surface area contributed by atoms with Gasteiger partial charge < -0.3 is 11.1 Å². The highest BCUT2D eigenvalue weighted by molar-refractivity contribution is 7.88. The fourth-order valence-corrected chi connectivity index (χ4v) is 1.52. The molecule has 0 spiro atoms. The number of aromatic nitrogens is 2. The van der Waals surface area contributed by atoms with E-state index in [1.54, 1.807) is 12.3 Å². The normalized spacial score (nSPS) is 11.3. The molecule has 4 N–H and O–H groups in total. The minimum absolute atomic E-state index is 0.383. The molecule has 0 saturated carbocycles. The predicted octanol–water partition coefficient (Wildman–Crippen LogP) is -0.590. The number of nitrogens with two attached hydrogens (primary N) is 1. The Bertz CT molecular complexity index is 434. The summed E-state index contributed by atoms with van der Waals surface area (Å²) >= 11 is 0. The minimum Gasteiger partial charge on any atom is -0.384 e. The topological polar surface area (TPSA) is 110 Å². The molecule has 0 aliphatic rings. The van der Waals surface area contributed by atoms with Crippen LogP contribution in [-0.4, -0.2) is 37.7 Å². The molecular weight excluding hydrogens is 230 g/mol. The molecule has 7 nitrogen and oxygen atoms in total. The van der Waals surface area contributed by atoms with E-state index in [0.29, 0.717) is 31.3 Å². The number of hydrogen-bond donors (Lipinski definition) is 3. The van der Waals surface area contributed by atoms with E-state index in [-0.39, 0.29) is 0 Å². The minimum atomic E-state index is -3.10. The van der Waals surface area contributed by atoms with Crippen LogP contribution >= 0.6 is 0 Å². The molecule has 0 saturated heterocycles. The summed E-state index contributed by atoms with van der Waals surface area (Å²) in [5.74, 6) is 0.839. The number of anilines is 2. The van der Waals surface area contributed by atoms with Crippen LogP contribution in [0.25, 0.3) is 0 Å². The van der Waals surface area contributed by atoms with Gasteiger partial charge in [0.2, 0.25) is 16.0 Å². The molecule has 8 heteroatoms. The van der Waals surface area contributed by atoms with Gasteiger partial charge >= 0.3 is 0 Å². The molecule has 16 heavy (non-hydrogen) atoms. The van der Waals surface area contributed by atoms with Gasteiger partial charge in [-0.3, -0.25) is 0 Å². The van der Waals surface area contributed by atoms with E-state index in [1.807, 2.05) is 0 Å². The van der Waals surface area contributed by atoms with Gasteiger partial charge in [-0.1, -0.05) is 0 Å². The van der Waals surface area contributed by atoms with E-state index in [9.17, 15) is 8.42 Å². The highest BCUT2D eigenvalue weighted by Crippen LogP contribution is 2.00. The number of rotatable bonds is 6. The van der Waals surface area contributed by atoms with Crippen molar-refractivity contribution in [2.24, 2.45) is 0 Å². The molecule has 0 amide bonds. The Morgan fingerprint density at radius 2 is 2.19 bits per heavy atom. The Morgan fingerprint density at radius 1 is 1.44 bits per heavy atom. The van der Waals surface area contributed by atoms with E-state index in [0.717, 1.165) is 6.26 Å². The van der Waals surface area contributed by atoms with Crippen LogP contribution in [0.4, 0.5) is 11.8 Å². The highest BCUT2D eigenvalue weighted by Gasteiger charge is 1.99. The van der Waals surface area contributed by atoms with Crippen LogP contribution < -0.4 is 15.8 Å². The third kappa shape index (κ3) is 5.47. The van der Waals surface area contributed by atoms with Crippen molar-refractivity contribution >= 4 is 21.8 Å². The van der Waals surface area contributed by atoms with Crippen molar-refractivity contribution in [2.75, 3.05) is 30.4 Å². The van der Waals surface area contributed by atoms with Crippen LogP contribution in [0, 0.1) is 0 Å². The maximum Gasteiger partial charge on any atom is 0.224 e. The average Bonchev–Trinajstić information content (AvgIpc) is 2.15. The molecule has 0 fully saturated rings. The third-order valence-corrected chi connectivity index (χ3v) is 2.41. The van der Waals surface area contributed by atoms with Gasteiger partial charge in [0.15, 0.2) is 0 Å². The lowest BCUT2D eigenvalue weighted by Gasteiger charge is -2.05. The van der Waals surface area contributed by atoms with Gasteiger partial charge in [0.25, 0.3) is 0 Å². The molecule has 0 aliphatic carbocycles. The first-order chi connectivity index (χ1) is 7.47. The van der Waals surface area contributed by atoms with E-state index in [4.69, 9.17) is 5.73 Å². The maximum atomic E-state index is 10.7. The van der Waals surface area contributed by atoms with Crippen LogP contribution in [0.2, 0.25) is 0 Å². The lowest BCUT2D eigenvalue weighted by Crippen LogP contribution is -2.24. The molecular formula is C8H15N5O2S. The smallest absolute Gasteiger partial charge is 0.224 e. The van der Waals surface area contributed by atoms with Crippen LogP contribution in [0.5, 0.6) is 0 Å². The van der Waals surface area contributed by atoms with Crippen LogP contribution in [0.3, 0.4) is 0 Å². The molecule has 0 aliphatic heterocycles. The van der Waals surface area contributed by atoms with E-state index >= 15 is 0 Å². The molecule has 0 unspecified atom stereocenters. The third-order valence-electron chi connectivity index (χ3n) is 1.68. The fourth-order valence-electron chi connectivity index (χ4n) is 1.00. The van der Waals surface area contributed by atoms with Crippen molar-refractivity contribution in [2.45, 2.75) is 6.42 Å². The lowest BCUT2D eigenvalue weighted by molar-refractivity contribution is 0.586. The summed E-state index contributed by atoms with van der Waals surface area (Å²) in [4.78, 5) is 7.88. The van der Waals surface area contributed by atoms with Gasteiger partial charge in [-0.25, -0.2) is 18.1 Å². The molecule has 1 aromatic rings. The largest absolute Gasteiger partial charge is 0.384 e. The van der Waals surface area contributed by atoms with Crippen LogP contribution in [-0.2, 0) is 10.0 Å². The second-order valence-electron chi connectivity index (χ2n) is 3.25. The summed E-state index contributed by atoms with van der Waals surface area (Å²) in [6.07, 6.45) is 3.33. The quantitative estimate of drug-likeness (QED) is 0.578. The molecule has 1 heterocycles. The summed E-state index contributed by atoms with van der Waals surface area (Å²) in [5, 5.41) is 2.93. The van der Waals surface area contributed by atoms with Crippen molar-refractivity contribution in [1.82, 2.24) is 14.7 Å². The standard InChI is InChI=1S/C8H15N5O2S/c1-16(14,15)12-5-2-4-10-8-11-6-3-7(9)13-8/h3,6,12H,2,4-5H2,1H3,(H3,9,10,11,13). The number of nitrogen functional groups attached to an aromatic ring is 1. The molecule has 0 atom stereocenters. The first-order valence-corrected chi connectivity index (χ1v) is 6.63. The summed E-state index contributed by atoms with van der Waals surface area (Å²) in [6, 6.07) is 1.59. The van der Waals surface area contributed by atoms with Gasteiger partial charge in [0.05, 0.1) is 6.26 Å². The second kappa shape index (κ2) is 5.61. The Labute approximate surface area is 94.5 Å².